The van der Waals surface area contributed by atoms with Crippen molar-refractivity contribution in [3.8, 4) is 0 Å². The van der Waals surface area contributed by atoms with Crippen molar-refractivity contribution in [3.63, 3.8) is 0 Å². The first kappa shape index (κ1) is 18.2. The molecule has 2 heterocycles. The molecule has 0 aliphatic carbocycles. The molecule has 2 aliphatic rings. The maximum atomic E-state index is 13.2. The van der Waals surface area contributed by atoms with Crippen molar-refractivity contribution in [1.29, 1.82) is 0 Å². The molecule has 1 aromatic rings. The number of carbonyl (C=O) groups excluding carboxylic acids is 1. The largest absolute Gasteiger partial charge is 0.340 e. The number of piperidine rings is 1. The molecule has 0 bridgehead atoms. The Morgan fingerprint density at radius 3 is 2.52 bits per heavy atom. The molecule has 3 rings (SSSR count). The number of amides is 1. The average molecular weight is 342 g/mol. The van der Waals surface area contributed by atoms with E-state index in [9.17, 15) is 9.18 Å². The lowest BCUT2D eigenvalue weighted by Crippen LogP contribution is -2.51. The molecular formula is C17H25ClFN3O. The van der Waals surface area contributed by atoms with Gasteiger partial charge in [-0.05, 0) is 43.6 Å². The van der Waals surface area contributed by atoms with Gasteiger partial charge in [-0.3, -0.25) is 9.69 Å². The molecule has 0 unspecified atom stereocenters. The summed E-state index contributed by atoms with van der Waals surface area (Å²) >= 11 is 0. The van der Waals surface area contributed by atoms with E-state index in [2.05, 4.69) is 10.2 Å². The van der Waals surface area contributed by atoms with Crippen LogP contribution in [0.2, 0.25) is 0 Å². The summed E-state index contributed by atoms with van der Waals surface area (Å²) in [5.41, 5.74) is 0.998. The fourth-order valence-corrected chi connectivity index (χ4v) is 3.35. The molecule has 1 amide bonds. The molecular weight excluding hydrogens is 317 g/mol. The normalized spacial score (nSPS) is 20.1. The van der Waals surface area contributed by atoms with E-state index < -0.39 is 0 Å². The van der Waals surface area contributed by atoms with Crippen LogP contribution in [0.15, 0.2) is 24.3 Å². The van der Waals surface area contributed by atoms with Gasteiger partial charge in [0.15, 0.2) is 0 Å². The maximum absolute atomic E-state index is 13.2. The minimum Gasteiger partial charge on any atom is -0.340 e. The third-order valence-corrected chi connectivity index (χ3v) is 4.67. The summed E-state index contributed by atoms with van der Waals surface area (Å²) < 4.78 is 13.2. The zero-order chi connectivity index (χ0) is 15.4. The molecule has 128 valence electrons. The van der Waals surface area contributed by atoms with Crippen LogP contribution < -0.4 is 5.32 Å². The quantitative estimate of drug-likeness (QED) is 0.912. The number of nitrogens with one attached hydrogen (secondary N) is 1. The van der Waals surface area contributed by atoms with Crippen molar-refractivity contribution in [2.75, 3.05) is 39.3 Å². The van der Waals surface area contributed by atoms with E-state index in [0.717, 1.165) is 64.2 Å². The lowest BCUT2D eigenvalue weighted by atomic mass is 9.96. The Balaban J connectivity index is 0.00000192. The Morgan fingerprint density at radius 2 is 1.87 bits per heavy atom. The highest BCUT2D eigenvalue weighted by atomic mass is 35.5. The number of halogens is 2. The fourth-order valence-electron chi connectivity index (χ4n) is 3.35. The van der Waals surface area contributed by atoms with Gasteiger partial charge < -0.3 is 10.2 Å². The number of hydrogen-bond acceptors (Lipinski definition) is 3. The smallest absolute Gasteiger partial charge is 0.225 e. The van der Waals surface area contributed by atoms with E-state index in [4.69, 9.17) is 0 Å². The van der Waals surface area contributed by atoms with Crippen LogP contribution in [0.25, 0.3) is 0 Å². The van der Waals surface area contributed by atoms with Crippen LogP contribution in [0.3, 0.4) is 0 Å². The molecule has 0 aromatic heterocycles. The van der Waals surface area contributed by atoms with Gasteiger partial charge in [-0.25, -0.2) is 4.39 Å². The van der Waals surface area contributed by atoms with E-state index >= 15 is 0 Å². The third-order valence-electron chi connectivity index (χ3n) is 4.67. The summed E-state index contributed by atoms with van der Waals surface area (Å²) in [6.45, 7) is 5.98. The first-order valence-electron chi connectivity index (χ1n) is 8.19. The van der Waals surface area contributed by atoms with Crippen LogP contribution in [0.1, 0.15) is 18.4 Å². The highest BCUT2D eigenvalue weighted by Crippen LogP contribution is 2.17. The molecule has 0 radical (unpaired) electrons. The average Bonchev–Trinajstić information content (AvgIpc) is 2.56. The zero-order valence-electron chi connectivity index (χ0n) is 13.3. The van der Waals surface area contributed by atoms with Crippen molar-refractivity contribution >= 4 is 18.3 Å². The van der Waals surface area contributed by atoms with Crippen LogP contribution in [-0.2, 0) is 11.3 Å². The van der Waals surface area contributed by atoms with Crippen molar-refractivity contribution in [2.45, 2.75) is 19.4 Å². The fraction of sp³-hybridized carbons (Fsp3) is 0.588. The van der Waals surface area contributed by atoms with Crippen LogP contribution in [0.5, 0.6) is 0 Å². The minimum absolute atomic E-state index is 0. The van der Waals surface area contributed by atoms with E-state index in [0.29, 0.717) is 5.91 Å². The van der Waals surface area contributed by atoms with Crippen LogP contribution >= 0.6 is 12.4 Å². The molecule has 6 heteroatoms. The summed E-state index contributed by atoms with van der Waals surface area (Å²) in [5.74, 6) is 0.347. The predicted molar refractivity (Wildman–Crippen MR) is 91.1 cm³/mol. The molecule has 2 fully saturated rings. The van der Waals surface area contributed by atoms with E-state index in [1.165, 1.54) is 6.07 Å². The van der Waals surface area contributed by atoms with Gasteiger partial charge in [0.1, 0.15) is 5.82 Å². The van der Waals surface area contributed by atoms with Crippen LogP contribution in [-0.4, -0.2) is 55.0 Å². The molecule has 23 heavy (non-hydrogen) atoms. The zero-order valence-corrected chi connectivity index (χ0v) is 14.2. The number of piperazine rings is 1. The molecule has 2 saturated heterocycles. The molecule has 0 saturated carbocycles. The number of benzene rings is 1. The molecule has 4 nitrogen and oxygen atoms in total. The monoisotopic (exact) mass is 341 g/mol. The summed E-state index contributed by atoms with van der Waals surface area (Å²) in [6, 6.07) is 6.77. The molecule has 0 atom stereocenters. The molecule has 1 N–H and O–H groups in total. The Hall–Kier alpha value is -1.17. The van der Waals surface area contributed by atoms with Crippen molar-refractivity contribution in [2.24, 2.45) is 5.92 Å². The molecule has 1 aromatic carbocycles. The van der Waals surface area contributed by atoms with Gasteiger partial charge in [0.25, 0.3) is 0 Å². The predicted octanol–water partition coefficient (Wildman–Crippen LogP) is 1.89. The summed E-state index contributed by atoms with van der Waals surface area (Å²) in [4.78, 5) is 16.8. The first-order valence-corrected chi connectivity index (χ1v) is 8.19. The van der Waals surface area contributed by atoms with Gasteiger partial charge in [-0.2, -0.15) is 0 Å². The number of carbonyl (C=O) groups is 1. The topological polar surface area (TPSA) is 35.6 Å². The number of nitrogens with zero attached hydrogens (tertiary/aromatic N) is 2. The maximum Gasteiger partial charge on any atom is 0.225 e. The van der Waals surface area contributed by atoms with Crippen molar-refractivity contribution < 1.29 is 9.18 Å². The standard InChI is InChI=1S/C17H24FN3O.ClH/c18-16-3-1-2-14(12-16)13-20-8-10-21(11-9-20)17(22)15-4-6-19-7-5-15;/h1-3,12,15,19H,4-11,13H2;1H. The molecule has 0 spiro atoms. The van der Waals surface area contributed by atoms with E-state index in [1.54, 1.807) is 12.1 Å². The van der Waals surface area contributed by atoms with Crippen LogP contribution in [0.4, 0.5) is 4.39 Å². The lowest BCUT2D eigenvalue weighted by Gasteiger charge is -2.37. The van der Waals surface area contributed by atoms with Gasteiger partial charge in [0.05, 0.1) is 0 Å². The molecule has 2 aliphatic heterocycles. The summed E-state index contributed by atoms with van der Waals surface area (Å²) in [6.07, 6.45) is 1.92. The van der Waals surface area contributed by atoms with Crippen molar-refractivity contribution in [3.05, 3.63) is 35.6 Å². The second-order valence-electron chi connectivity index (χ2n) is 6.26. The summed E-state index contributed by atoms with van der Waals surface area (Å²) in [7, 11) is 0. The second-order valence-corrected chi connectivity index (χ2v) is 6.26. The summed E-state index contributed by atoms with van der Waals surface area (Å²) in [5, 5.41) is 3.30. The second kappa shape index (κ2) is 8.62. The SMILES string of the molecule is Cl.O=C(C1CCNCC1)N1CCN(Cc2cccc(F)c2)CC1. The lowest BCUT2D eigenvalue weighted by molar-refractivity contribution is -0.138. The van der Waals surface area contributed by atoms with Gasteiger partial charge in [-0.1, -0.05) is 12.1 Å². The van der Waals surface area contributed by atoms with E-state index in [-0.39, 0.29) is 24.1 Å². The number of hydrogen-bond donors (Lipinski definition) is 1. The third kappa shape index (κ3) is 4.90. The Kier molecular flexibility index (Phi) is 6.81. The van der Waals surface area contributed by atoms with Gasteiger partial charge in [0, 0.05) is 38.6 Å². The Labute approximate surface area is 143 Å². The van der Waals surface area contributed by atoms with Crippen LogP contribution in [0, 0.1) is 11.7 Å². The Morgan fingerprint density at radius 1 is 1.17 bits per heavy atom. The van der Waals surface area contributed by atoms with Gasteiger partial charge in [-0.15, -0.1) is 12.4 Å². The van der Waals surface area contributed by atoms with Crippen molar-refractivity contribution in [1.82, 2.24) is 15.1 Å². The highest BCUT2D eigenvalue weighted by molar-refractivity contribution is 5.85. The minimum atomic E-state index is -0.183. The van der Waals surface area contributed by atoms with Gasteiger partial charge >= 0.3 is 0 Å². The Bertz CT molecular complexity index is 514. The van der Waals surface area contributed by atoms with E-state index in [1.807, 2.05) is 11.0 Å². The highest BCUT2D eigenvalue weighted by Gasteiger charge is 2.28. The van der Waals surface area contributed by atoms with Gasteiger partial charge in [0.2, 0.25) is 5.91 Å². The number of rotatable bonds is 3. The first-order chi connectivity index (χ1) is 10.7.